The van der Waals surface area contributed by atoms with Crippen LogP contribution in [0.1, 0.15) is 17.9 Å². The zero-order valence-corrected chi connectivity index (χ0v) is 13.9. The second-order valence-corrected chi connectivity index (χ2v) is 6.23. The Kier molecular flexibility index (Phi) is 4.73. The van der Waals surface area contributed by atoms with Gasteiger partial charge in [0, 0.05) is 23.8 Å². The Morgan fingerprint density at radius 3 is 2.96 bits per heavy atom. The van der Waals surface area contributed by atoms with E-state index in [-0.39, 0.29) is 12.3 Å². The molecule has 2 aromatic heterocycles. The monoisotopic (exact) mass is 347 g/mol. The second-order valence-electron chi connectivity index (χ2n) is 5.04. The van der Waals surface area contributed by atoms with Crippen molar-refractivity contribution in [3.05, 3.63) is 51.5 Å². The topological polar surface area (TPSA) is 68.0 Å². The molecule has 2 heterocycles. The fourth-order valence-electron chi connectivity index (χ4n) is 2.01. The first-order valence-electron chi connectivity index (χ1n) is 7.03. The summed E-state index contributed by atoms with van der Waals surface area (Å²) < 4.78 is 5.55. The fraction of sp³-hybridized carbons (Fsp3) is 0.188. The molecule has 0 bridgehead atoms. The van der Waals surface area contributed by atoms with Crippen LogP contribution in [0, 0.1) is 6.92 Å². The van der Waals surface area contributed by atoms with Crippen molar-refractivity contribution >= 4 is 34.5 Å². The third-order valence-corrected chi connectivity index (χ3v) is 4.20. The van der Waals surface area contributed by atoms with Crippen molar-refractivity contribution in [2.45, 2.75) is 19.8 Å². The van der Waals surface area contributed by atoms with E-state index in [4.69, 9.17) is 16.0 Å². The largest absolute Gasteiger partial charge is 0.421 e. The third kappa shape index (κ3) is 3.97. The van der Waals surface area contributed by atoms with E-state index in [9.17, 15) is 4.79 Å². The maximum Gasteiger partial charge on any atom is 0.248 e. The highest BCUT2D eigenvalue weighted by Gasteiger charge is 2.11. The molecule has 0 aliphatic rings. The van der Waals surface area contributed by atoms with Crippen LogP contribution in [0.2, 0.25) is 5.02 Å². The summed E-state index contributed by atoms with van der Waals surface area (Å²) in [5.74, 6) is 0.769. The Bertz CT molecular complexity index is 815. The van der Waals surface area contributed by atoms with Crippen molar-refractivity contribution in [2.24, 2.45) is 0 Å². The van der Waals surface area contributed by atoms with E-state index in [0.717, 1.165) is 11.1 Å². The van der Waals surface area contributed by atoms with Gasteiger partial charge in [-0.05, 0) is 36.1 Å². The van der Waals surface area contributed by atoms with Gasteiger partial charge in [0.2, 0.25) is 17.7 Å². The zero-order chi connectivity index (χ0) is 16.2. The van der Waals surface area contributed by atoms with Crippen molar-refractivity contribution in [3.8, 4) is 11.5 Å². The lowest BCUT2D eigenvalue weighted by molar-refractivity contribution is -0.116. The van der Waals surface area contributed by atoms with E-state index in [2.05, 4.69) is 15.5 Å². The number of anilines is 1. The Morgan fingerprint density at radius 2 is 2.22 bits per heavy atom. The van der Waals surface area contributed by atoms with Crippen LogP contribution in [0.3, 0.4) is 0 Å². The van der Waals surface area contributed by atoms with E-state index >= 15 is 0 Å². The van der Waals surface area contributed by atoms with Crippen LogP contribution in [0.15, 0.2) is 39.4 Å². The SMILES string of the molecule is Cc1ccc(NC(=O)CCc2nnc(-c3ccsc3)o2)c(Cl)c1. The van der Waals surface area contributed by atoms with Gasteiger partial charge in [0.05, 0.1) is 10.7 Å². The number of hydrogen-bond acceptors (Lipinski definition) is 5. The average Bonchev–Trinajstić information content (AvgIpc) is 3.18. The Hall–Kier alpha value is -2.18. The Labute approximate surface area is 142 Å². The maximum atomic E-state index is 12.0. The molecule has 0 aliphatic heterocycles. The van der Waals surface area contributed by atoms with Gasteiger partial charge in [0.1, 0.15) is 0 Å². The normalized spacial score (nSPS) is 10.7. The molecule has 5 nitrogen and oxygen atoms in total. The van der Waals surface area contributed by atoms with E-state index in [1.54, 1.807) is 17.4 Å². The third-order valence-electron chi connectivity index (χ3n) is 3.20. The molecule has 23 heavy (non-hydrogen) atoms. The number of thiophene rings is 1. The van der Waals surface area contributed by atoms with Crippen LogP contribution in [-0.4, -0.2) is 16.1 Å². The van der Waals surface area contributed by atoms with Gasteiger partial charge in [0.15, 0.2) is 0 Å². The number of rotatable bonds is 5. The number of aryl methyl sites for hydroxylation is 2. The van der Waals surface area contributed by atoms with E-state index < -0.39 is 0 Å². The molecule has 0 unspecified atom stereocenters. The van der Waals surface area contributed by atoms with Crippen LogP contribution in [0.4, 0.5) is 5.69 Å². The number of nitrogens with one attached hydrogen (secondary N) is 1. The minimum Gasteiger partial charge on any atom is -0.421 e. The minimum absolute atomic E-state index is 0.147. The number of hydrogen-bond donors (Lipinski definition) is 1. The lowest BCUT2D eigenvalue weighted by atomic mass is 10.2. The fourth-order valence-corrected chi connectivity index (χ4v) is 2.92. The first kappa shape index (κ1) is 15.7. The number of carbonyl (C=O) groups excluding carboxylic acids is 1. The van der Waals surface area contributed by atoms with E-state index in [1.807, 2.05) is 35.9 Å². The van der Waals surface area contributed by atoms with Gasteiger partial charge in [0.25, 0.3) is 0 Å². The lowest BCUT2D eigenvalue weighted by Gasteiger charge is -2.07. The number of nitrogens with zero attached hydrogens (tertiary/aromatic N) is 2. The molecular formula is C16H14ClN3O2S. The molecule has 7 heteroatoms. The lowest BCUT2D eigenvalue weighted by Crippen LogP contribution is -2.12. The summed E-state index contributed by atoms with van der Waals surface area (Å²) >= 11 is 7.66. The van der Waals surface area contributed by atoms with Crippen molar-refractivity contribution in [2.75, 3.05) is 5.32 Å². The number of halogens is 1. The van der Waals surface area contributed by atoms with Crippen LogP contribution in [-0.2, 0) is 11.2 Å². The molecule has 1 aromatic carbocycles. The molecule has 0 spiro atoms. The van der Waals surface area contributed by atoms with Crippen molar-refractivity contribution < 1.29 is 9.21 Å². The summed E-state index contributed by atoms with van der Waals surface area (Å²) in [5.41, 5.74) is 2.54. The highest BCUT2D eigenvalue weighted by atomic mass is 35.5. The predicted molar refractivity (Wildman–Crippen MR) is 90.8 cm³/mol. The number of aromatic nitrogens is 2. The molecule has 118 valence electrons. The maximum absolute atomic E-state index is 12.0. The average molecular weight is 348 g/mol. The highest BCUT2D eigenvalue weighted by molar-refractivity contribution is 7.08. The first-order valence-corrected chi connectivity index (χ1v) is 8.35. The molecular weight excluding hydrogens is 334 g/mol. The Balaban J connectivity index is 1.57. The van der Waals surface area contributed by atoms with Crippen molar-refractivity contribution in [3.63, 3.8) is 0 Å². The first-order chi connectivity index (χ1) is 11.1. The van der Waals surface area contributed by atoms with Crippen LogP contribution in [0.5, 0.6) is 0 Å². The van der Waals surface area contributed by atoms with E-state index in [0.29, 0.717) is 28.9 Å². The summed E-state index contributed by atoms with van der Waals surface area (Å²) in [5, 5.41) is 15.1. The van der Waals surface area contributed by atoms with Gasteiger partial charge in [-0.2, -0.15) is 11.3 Å². The summed E-state index contributed by atoms with van der Waals surface area (Å²) in [6, 6.07) is 7.40. The zero-order valence-electron chi connectivity index (χ0n) is 12.4. The molecule has 1 amide bonds. The summed E-state index contributed by atoms with van der Waals surface area (Å²) in [6.45, 7) is 1.94. The van der Waals surface area contributed by atoms with Gasteiger partial charge < -0.3 is 9.73 Å². The summed E-state index contributed by atoms with van der Waals surface area (Å²) in [7, 11) is 0. The second kappa shape index (κ2) is 6.93. The molecule has 0 radical (unpaired) electrons. The molecule has 3 rings (SSSR count). The Morgan fingerprint density at radius 1 is 1.35 bits per heavy atom. The molecule has 0 atom stereocenters. The molecule has 0 aliphatic carbocycles. The van der Waals surface area contributed by atoms with Crippen molar-refractivity contribution in [1.82, 2.24) is 10.2 Å². The minimum atomic E-state index is -0.147. The van der Waals surface area contributed by atoms with Crippen LogP contribution >= 0.6 is 22.9 Å². The van der Waals surface area contributed by atoms with Crippen LogP contribution in [0.25, 0.3) is 11.5 Å². The van der Waals surface area contributed by atoms with Gasteiger partial charge >= 0.3 is 0 Å². The highest BCUT2D eigenvalue weighted by Crippen LogP contribution is 2.23. The van der Waals surface area contributed by atoms with Gasteiger partial charge in [-0.15, -0.1) is 10.2 Å². The van der Waals surface area contributed by atoms with E-state index in [1.165, 1.54) is 0 Å². The molecule has 0 saturated carbocycles. The van der Waals surface area contributed by atoms with Gasteiger partial charge in [-0.3, -0.25) is 4.79 Å². The summed E-state index contributed by atoms with van der Waals surface area (Å²) in [4.78, 5) is 12.0. The van der Waals surface area contributed by atoms with Gasteiger partial charge in [-0.1, -0.05) is 17.7 Å². The van der Waals surface area contributed by atoms with Crippen molar-refractivity contribution in [1.29, 1.82) is 0 Å². The molecule has 1 N–H and O–H groups in total. The molecule has 0 saturated heterocycles. The predicted octanol–water partition coefficient (Wildman–Crippen LogP) is 4.33. The smallest absolute Gasteiger partial charge is 0.248 e. The standard InChI is InChI=1S/C16H14ClN3O2S/c1-10-2-3-13(12(17)8-10)18-14(21)4-5-15-19-20-16(22-15)11-6-7-23-9-11/h2-3,6-9H,4-5H2,1H3,(H,18,21). The van der Waals surface area contributed by atoms with Crippen LogP contribution < -0.4 is 5.32 Å². The number of carbonyl (C=O) groups is 1. The van der Waals surface area contributed by atoms with Gasteiger partial charge in [-0.25, -0.2) is 0 Å². The molecule has 3 aromatic rings. The summed E-state index contributed by atoms with van der Waals surface area (Å²) in [6.07, 6.45) is 0.627. The molecule has 0 fully saturated rings. The number of benzene rings is 1. The quantitative estimate of drug-likeness (QED) is 0.745. The number of amides is 1.